The highest BCUT2D eigenvalue weighted by Gasteiger charge is 2.25. The second-order valence-corrected chi connectivity index (χ2v) is 12.1. The van der Waals surface area contributed by atoms with Gasteiger partial charge < -0.3 is 50.6 Å². The van der Waals surface area contributed by atoms with Gasteiger partial charge >= 0.3 is 11.9 Å². The molecule has 2 amide bonds. The van der Waals surface area contributed by atoms with Crippen LogP contribution >= 0.6 is 0 Å². The van der Waals surface area contributed by atoms with Crippen molar-refractivity contribution >= 4 is 40.4 Å². The van der Waals surface area contributed by atoms with E-state index in [0.717, 1.165) is 0 Å². The van der Waals surface area contributed by atoms with Crippen LogP contribution in [0.5, 0.6) is 5.75 Å². The number of nitrogens with zero attached hydrogens (tertiary/aromatic N) is 3. The fourth-order valence-corrected chi connectivity index (χ4v) is 5.70. The van der Waals surface area contributed by atoms with Crippen LogP contribution in [0.15, 0.2) is 76.3 Å². The van der Waals surface area contributed by atoms with E-state index >= 15 is 0 Å². The van der Waals surface area contributed by atoms with E-state index in [1.54, 1.807) is 56.3 Å². The number of nitrogens with two attached hydrogens (primary N) is 1. The third-order valence-electron chi connectivity index (χ3n) is 8.51. The first-order chi connectivity index (χ1) is 26.4. The molecule has 3 aromatic carbocycles. The third-order valence-corrected chi connectivity index (χ3v) is 8.51. The Balaban J connectivity index is 1.26. The molecule has 7 N–H and O–H groups in total. The lowest BCUT2D eigenvalue weighted by molar-refractivity contribution is -0.143. The molecule has 0 saturated heterocycles. The van der Waals surface area contributed by atoms with Crippen molar-refractivity contribution in [2.45, 2.75) is 20.1 Å². The molecule has 17 nitrogen and oxygen atoms in total. The van der Waals surface area contributed by atoms with Gasteiger partial charge in [0, 0.05) is 62.5 Å². The molecule has 3 aromatic rings. The number of aromatic carboxylic acids is 1. The van der Waals surface area contributed by atoms with Crippen molar-refractivity contribution in [3.05, 3.63) is 110 Å². The molecular formula is C38H37N7O10. The number of hydrogen-bond acceptors (Lipinski definition) is 11. The van der Waals surface area contributed by atoms with E-state index in [1.807, 2.05) is 0 Å². The second-order valence-electron chi connectivity index (χ2n) is 12.1. The van der Waals surface area contributed by atoms with Gasteiger partial charge in [-0.2, -0.15) is 0 Å². The number of aryl methyl sites for hydroxylation is 1. The van der Waals surface area contributed by atoms with Crippen LogP contribution in [0.3, 0.4) is 0 Å². The first kappa shape index (κ1) is 39.3. The van der Waals surface area contributed by atoms with Gasteiger partial charge in [-0.25, -0.2) is 9.59 Å². The molecule has 1 unspecified atom stereocenters. The SMILES string of the molecule is Cc1c2oc3c(C)c(N)ccc3c(-c3cc(C(=O)NCCNC(=O)c4cccc(OCC(N=[N+]=[N-])OCCOCC(=O)O)c4)ccc3C(=O)O)c-2ccc1=N. The number of carboxylic acid groups (broad SMARTS) is 2. The van der Waals surface area contributed by atoms with Gasteiger partial charge in [-0.05, 0) is 85.6 Å². The Labute approximate surface area is 313 Å². The van der Waals surface area contributed by atoms with Gasteiger partial charge in [-0.1, -0.05) is 11.2 Å². The Morgan fingerprint density at radius 2 is 1.65 bits per heavy atom. The lowest BCUT2D eigenvalue weighted by Crippen LogP contribution is -2.34. The minimum absolute atomic E-state index is 0.0398. The van der Waals surface area contributed by atoms with Crippen LogP contribution in [-0.4, -0.2) is 79.7 Å². The average Bonchev–Trinajstić information content (AvgIpc) is 3.17. The van der Waals surface area contributed by atoms with E-state index in [1.165, 1.54) is 24.3 Å². The Morgan fingerprint density at radius 1 is 0.927 bits per heavy atom. The number of benzene rings is 4. The van der Waals surface area contributed by atoms with Crippen LogP contribution in [-0.2, 0) is 14.3 Å². The monoisotopic (exact) mass is 751 g/mol. The molecule has 0 radical (unpaired) electrons. The van der Waals surface area contributed by atoms with Crippen LogP contribution in [0.4, 0.5) is 5.69 Å². The zero-order valence-corrected chi connectivity index (χ0v) is 29.8. The molecule has 0 aromatic heterocycles. The van der Waals surface area contributed by atoms with Gasteiger partial charge in [-0.3, -0.25) is 9.59 Å². The molecule has 1 aliphatic carbocycles. The number of ether oxygens (including phenoxy) is 3. The predicted octanol–water partition coefficient (Wildman–Crippen LogP) is 4.87. The topological polar surface area (TPSA) is 272 Å². The minimum atomic E-state index is -1.20. The maximum atomic E-state index is 13.4. The Bertz CT molecular complexity index is 2350. The number of nitrogens with one attached hydrogen (secondary N) is 3. The van der Waals surface area contributed by atoms with Gasteiger partial charge in [0.15, 0.2) is 6.23 Å². The van der Waals surface area contributed by atoms with Gasteiger partial charge in [0.05, 0.1) is 24.1 Å². The summed E-state index contributed by atoms with van der Waals surface area (Å²) in [6, 6.07) is 17.2. The summed E-state index contributed by atoms with van der Waals surface area (Å²) >= 11 is 0. The molecule has 2 aliphatic rings. The van der Waals surface area contributed by atoms with E-state index < -0.39 is 36.6 Å². The molecule has 17 heteroatoms. The molecule has 5 rings (SSSR count). The van der Waals surface area contributed by atoms with Crippen molar-refractivity contribution in [2.24, 2.45) is 5.11 Å². The molecule has 0 bridgehead atoms. The fraction of sp³-hybridized carbons (Fsp3) is 0.237. The van der Waals surface area contributed by atoms with Gasteiger partial charge in [0.2, 0.25) is 0 Å². The summed E-state index contributed by atoms with van der Waals surface area (Å²) in [5.41, 5.74) is 18.8. The maximum Gasteiger partial charge on any atom is 0.336 e. The fourth-order valence-electron chi connectivity index (χ4n) is 5.70. The van der Waals surface area contributed by atoms with Gasteiger partial charge in [0.25, 0.3) is 11.8 Å². The third kappa shape index (κ3) is 9.36. The number of amides is 2. The smallest absolute Gasteiger partial charge is 0.336 e. The molecule has 1 aliphatic heterocycles. The number of aliphatic carboxylic acids is 1. The summed E-state index contributed by atoms with van der Waals surface area (Å²) in [5.74, 6) is -2.62. The molecular weight excluding hydrogens is 714 g/mol. The highest BCUT2D eigenvalue weighted by molar-refractivity contribution is 6.10. The second kappa shape index (κ2) is 17.7. The number of hydrogen-bond donors (Lipinski definition) is 6. The van der Waals surface area contributed by atoms with Gasteiger partial charge in [0.1, 0.15) is 30.3 Å². The van der Waals surface area contributed by atoms with Crippen molar-refractivity contribution in [1.29, 1.82) is 5.41 Å². The number of nitrogen functional groups attached to an aromatic ring is 1. The van der Waals surface area contributed by atoms with E-state index in [2.05, 4.69) is 20.7 Å². The largest absolute Gasteiger partial charge is 0.491 e. The molecule has 0 saturated carbocycles. The Hall–Kier alpha value is -6.94. The summed E-state index contributed by atoms with van der Waals surface area (Å²) < 4.78 is 22.1. The first-order valence-electron chi connectivity index (χ1n) is 16.8. The molecule has 1 atom stereocenters. The first-order valence-corrected chi connectivity index (χ1v) is 16.8. The number of carbonyl (C=O) groups excluding carboxylic acids is 2. The Morgan fingerprint density at radius 3 is 2.35 bits per heavy atom. The van der Waals surface area contributed by atoms with E-state index in [-0.39, 0.29) is 66.3 Å². The number of anilines is 1. The summed E-state index contributed by atoms with van der Waals surface area (Å²) in [6.45, 7) is 2.85. The lowest BCUT2D eigenvalue weighted by atomic mass is 9.88. The van der Waals surface area contributed by atoms with Crippen LogP contribution in [0, 0.1) is 19.3 Å². The van der Waals surface area contributed by atoms with E-state index in [0.29, 0.717) is 44.7 Å². The predicted molar refractivity (Wildman–Crippen MR) is 199 cm³/mol. The quantitative estimate of drug-likeness (QED) is 0.0186. The molecule has 284 valence electrons. The lowest BCUT2D eigenvalue weighted by Gasteiger charge is -2.20. The van der Waals surface area contributed by atoms with Crippen LogP contribution in [0.1, 0.15) is 42.2 Å². The molecule has 0 fully saturated rings. The average molecular weight is 752 g/mol. The van der Waals surface area contributed by atoms with Crippen LogP contribution in [0.25, 0.3) is 43.9 Å². The zero-order chi connectivity index (χ0) is 39.6. The number of carboxylic acids is 2. The highest BCUT2D eigenvalue weighted by Crippen LogP contribution is 2.44. The van der Waals surface area contributed by atoms with E-state index in [4.69, 9.17) is 40.4 Å². The summed E-state index contributed by atoms with van der Waals surface area (Å²) in [7, 11) is 0. The van der Waals surface area contributed by atoms with Crippen molar-refractivity contribution in [2.75, 3.05) is 45.3 Å². The summed E-state index contributed by atoms with van der Waals surface area (Å²) in [5, 5.41) is 36.9. The number of carbonyl (C=O) groups is 4. The number of azide groups is 1. The van der Waals surface area contributed by atoms with Gasteiger partial charge in [-0.15, -0.1) is 0 Å². The number of rotatable bonds is 17. The van der Waals surface area contributed by atoms with Crippen molar-refractivity contribution in [1.82, 2.24) is 10.6 Å². The Kier molecular flexibility index (Phi) is 12.7. The summed E-state index contributed by atoms with van der Waals surface area (Å²) in [4.78, 5) is 52.0. The zero-order valence-electron chi connectivity index (χ0n) is 29.8. The normalized spacial score (nSPS) is 11.5. The number of fused-ring (bicyclic) bond motifs is 2. The standard InChI is InChI=1S/C38H37N7O10/c1-20-29(39)10-8-26-33(27-9-11-30(40)21(2)35(27)55-34(20)26)28-17-23(6-7-25(28)38(50)51)37(49)43-13-12-42-36(48)22-4-3-5-24(16-22)54-18-31(44-45-41)53-15-14-52-19-32(46)47/h3-11,16-17,31,39H,12-15,18-19,40H2,1-2H3,(H,42,48)(H,43,49)(H,46,47)(H,50,51). The molecule has 55 heavy (non-hydrogen) atoms. The van der Waals surface area contributed by atoms with Crippen molar-refractivity contribution in [3.8, 4) is 28.2 Å². The van der Waals surface area contributed by atoms with Crippen molar-refractivity contribution in [3.63, 3.8) is 0 Å². The van der Waals surface area contributed by atoms with Crippen molar-refractivity contribution < 1.29 is 48.0 Å². The van der Waals surface area contributed by atoms with Crippen LogP contribution in [0.2, 0.25) is 0 Å². The minimum Gasteiger partial charge on any atom is -0.491 e. The van der Waals surface area contributed by atoms with Crippen LogP contribution < -0.4 is 26.5 Å². The molecule has 0 spiro atoms. The highest BCUT2D eigenvalue weighted by atomic mass is 16.6. The maximum absolute atomic E-state index is 13.4. The molecule has 1 heterocycles. The summed E-state index contributed by atoms with van der Waals surface area (Å²) in [6.07, 6.45) is -1.04. The van der Waals surface area contributed by atoms with E-state index in [9.17, 15) is 24.3 Å².